The molecule has 25 heavy (non-hydrogen) atoms. The summed E-state index contributed by atoms with van der Waals surface area (Å²) in [5, 5.41) is 0. The lowest BCUT2D eigenvalue weighted by Crippen LogP contribution is -2.18. The number of nitrogens with two attached hydrogens (primary N) is 4. The normalized spacial score (nSPS) is 13.5. The predicted octanol–water partition coefficient (Wildman–Crippen LogP) is 3.37. The minimum absolute atomic E-state index is 0.163. The number of nitrogen functional groups attached to an aromatic ring is 4. The Morgan fingerprint density at radius 3 is 1.48 bits per heavy atom. The van der Waals surface area contributed by atoms with Crippen LogP contribution in [0.4, 0.5) is 22.7 Å². The van der Waals surface area contributed by atoms with Crippen molar-refractivity contribution in [1.82, 2.24) is 0 Å². The van der Waals surface area contributed by atoms with Crippen LogP contribution in [0, 0.1) is 0 Å². The van der Waals surface area contributed by atoms with E-state index in [-0.39, 0.29) is 12.2 Å². The third-order valence-electron chi connectivity index (χ3n) is 4.44. The van der Waals surface area contributed by atoms with Crippen molar-refractivity contribution in [3.8, 4) is 0 Å². The molecule has 2 atom stereocenters. The van der Waals surface area contributed by atoms with Gasteiger partial charge < -0.3 is 27.7 Å². The van der Waals surface area contributed by atoms with E-state index >= 15 is 0 Å². The number of anilines is 4. The maximum absolute atomic E-state index is 6.09. The number of hydrogen-bond donors (Lipinski definition) is 4. The van der Waals surface area contributed by atoms with Gasteiger partial charge in [-0.1, -0.05) is 12.1 Å². The van der Waals surface area contributed by atoms with Gasteiger partial charge in [0.1, 0.15) is 0 Å². The van der Waals surface area contributed by atoms with Crippen LogP contribution in [0.1, 0.15) is 37.8 Å². The molecular weight excluding hydrogens is 312 g/mol. The molecule has 2 unspecified atom stereocenters. The van der Waals surface area contributed by atoms with Crippen LogP contribution in [-0.4, -0.2) is 12.2 Å². The van der Waals surface area contributed by atoms with Gasteiger partial charge in [0.05, 0.1) is 12.2 Å². The Kier molecular flexibility index (Phi) is 6.53. The molecule has 8 N–H and O–H groups in total. The van der Waals surface area contributed by atoms with Gasteiger partial charge in [0.15, 0.2) is 0 Å². The molecule has 0 aliphatic heterocycles. The average molecular weight is 342 g/mol. The van der Waals surface area contributed by atoms with Gasteiger partial charge in [-0.05, 0) is 74.9 Å². The molecule has 0 saturated heterocycles. The Balaban J connectivity index is 1.76. The van der Waals surface area contributed by atoms with Gasteiger partial charge in [-0.2, -0.15) is 0 Å². The van der Waals surface area contributed by atoms with Gasteiger partial charge in [-0.15, -0.1) is 0 Å². The van der Waals surface area contributed by atoms with Crippen LogP contribution >= 0.6 is 0 Å². The molecule has 0 fully saturated rings. The van der Waals surface area contributed by atoms with Crippen LogP contribution < -0.4 is 22.9 Å². The first-order valence-electron chi connectivity index (χ1n) is 8.78. The fourth-order valence-corrected chi connectivity index (χ4v) is 2.93. The maximum Gasteiger partial charge on any atom is 0.0553 e. The van der Waals surface area contributed by atoms with Gasteiger partial charge in [0.25, 0.3) is 0 Å². The highest BCUT2D eigenvalue weighted by molar-refractivity contribution is 5.57. The Morgan fingerprint density at radius 2 is 1.12 bits per heavy atom. The summed E-state index contributed by atoms with van der Waals surface area (Å²) in [5.41, 5.74) is 28.6. The smallest absolute Gasteiger partial charge is 0.0553 e. The van der Waals surface area contributed by atoms with Crippen LogP contribution in [0.25, 0.3) is 0 Å². The summed E-state index contributed by atoms with van der Waals surface area (Å²) in [6.45, 7) is 4.20. The lowest BCUT2D eigenvalue weighted by molar-refractivity contribution is 0.000524. The zero-order chi connectivity index (χ0) is 18.4. The number of hydrogen-bond acceptors (Lipinski definition) is 5. The molecule has 5 nitrogen and oxygen atoms in total. The number of aryl methyl sites for hydroxylation is 2. The molecule has 2 aromatic carbocycles. The van der Waals surface area contributed by atoms with E-state index in [1.807, 2.05) is 24.3 Å². The van der Waals surface area contributed by atoms with Gasteiger partial charge in [0, 0.05) is 22.7 Å². The topological polar surface area (TPSA) is 113 Å². The van der Waals surface area contributed by atoms with Crippen LogP contribution in [0.3, 0.4) is 0 Å². The van der Waals surface area contributed by atoms with E-state index in [0.717, 1.165) is 48.2 Å². The van der Waals surface area contributed by atoms with Gasteiger partial charge in [-0.3, -0.25) is 0 Å². The van der Waals surface area contributed by atoms with Gasteiger partial charge >= 0.3 is 0 Å². The molecule has 0 spiro atoms. The molecule has 0 bridgehead atoms. The summed E-state index contributed by atoms with van der Waals surface area (Å²) < 4.78 is 6.09. The second-order valence-corrected chi connectivity index (χ2v) is 6.75. The SMILES string of the molecule is CC(CCc1ccc(N)cc1N)OC(C)CCc1ccc(N)cc1N. The van der Waals surface area contributed by atoms with E-state index in [2.05, 4.69) is 13.8 Å². The number of rotatable bonds is 8. The minimum atomic E-state index is 0.163. The highest BCUT2D eigenvalue weighted by atomic mass is 16.5. The third-order valence-corrected chi connectivity index (χ3v) is 4.44. The highest BCUT2D eigenvalue weighted by Crippen LogP contribution is 2.21. The molecule has 0 radical (unpaired) electrons. The maximum atomic E-state index is 6.09. The third kappa shape index (κ3) is 5.87. The van der Waals surface area contributed by atoms with E-state index in [9.17, 15) is 0 Å². The summed E-state index contributed by atoms with van der Waals surface area (Å²) >= 11 is 0. The Bertz CT molecular complexity index is 643. The van der Waals surface area contributed by atoms with Crippen LogP contribution in [-0.2, 0) is 17.6 Å². The van der Waals surface area contributed by atoms with Crippen LogP contribution in [0.2, 0.25) is 0 Å². The lowest BCUT2D eigenvalue weighted by Gasteiger charge is -2.20. The second-order valence-electron chi connectivity index (χ2n) is 6.75. The monoisotopic (exact) mass is 342 g/mol. The molecule has 0 amide bonds. The van der Waals surface area contributed by atoms with E-state index in [0.29, 0.717) is 11.4 Å². The molecule has 2 rings (SSSR count). The van der Waals surface area contributed by atoms with Crippen molar-refractivity contribution >= 4 is 22.7 Å². The summed E-state index contributed by atoms with van der Waals surface area (Å²) in [7, 11) is 0. The summed E-state index contributed by atoms with van der Waals surface area (Å²) in [6.07, 6.45) is 3.92. The first-order valence-corrected chi connectivity index (χ1v) is 8.78. The summed E-state index contributed by atoms with van der Waals surface area (Å²) in [4.78, 5) is 0. The molecular formula is C20H30N4O. The fraction of sp³-hybridized carbons (Fsp3) is 0.400. The molecule has 136 valence electrons. The molecule has 0 saturated carbocycles. The predicted molar refractivity (Wildman–Crippen MR) is 107 cm³/mol. The molecule has 5 heteroatoms. The van der Waals surface area contributed by atoms with Crippen LogP contribution in [0.5, 0.6) is 0 Å². The number of ether oxygens (including phenoxy) is 1. The van der Waals surface area contributed by atoms with Crippen molar-refractivity contribution in [3.63, 3.8) is 0 Å². The molecule has 0 aliphatic rings. The van der Waals surface area contributed by atoms with E-state index in [1.165, 1.54) is 0 Å². The standard InChI is InChI=1S/C20H30N4O/c1-13(3-5-15-7-9-17(21)11-19(15)23)25-14(2)4-6-16-8-10-18(22)12-20(16)24/h7-14H,3-6,21-24H2,1-2H3. The first-order chi connectivity index (χ1) is 11.8. The van der Waals surface area contributed by atoms with Crippen molar-refractivity contribution in [3.05, 3.63) is 47.5 Å². The molecule has 0 aromatic heterocycles. The van der Waals surface area contributed by atoms with Crippen molar-refractivity contribution in [2.45, 2.75) is 51.7 Å². The van der Waals surface area contributed by atoms with Crippen LogP contribution in [0.15, 0.2) is 36.4 Å². The first kappa shape index (κ1) is 18.9. The molecule has 2 aromatic rings. The zero-order valence-electron chi connectivity index (χ0n) is 15.2. The summed E-state index contributed by atoms with van der Waals surface area (Å²) in [5.74, 6) is 0. The second kappa shape index (κ2) is 8.62. The van der Waals surface area contributed by atoms with E-state index < -0.39 is 0 Å². The Labute approximate surface area is 150 Å². The zero-order valence-corrected chi connectivity index (χ0v) is 15.2. The lowest BCUT2D eigenvalue weighted by atomic mass is 10.0. The Hall–Kier alpha value is -2.40. The van der Waals surface area contributed by atoms with Crippen molar-refractivity contribution in [1.29, 1.82) is 0 Å². The van der Waals surface area contributed by atoms with Gasteiger partial charge in [-0.25, -0.2) is 0 Å². The van der Waals surface area contributed by atoms with Gasteiger partial charge in [0.2, 0.25) is 0 Å². The van der Waals surface area contributed by atoms with Crippen molar-refractivity contribution in [2.24, 2.45) is 0 Å². The van der Waals surface area contributed by atoms with Crippen molar-refractivity contribution < 1.29 is 4.74 Å². The quantitative estimate of drug-likeness (QED) is 0.549. The van der Waals surface area contributed by atoms with E-state index in [1.54, 1.807) is 12.1 Å². The molecule has 0 heterocycles. The summed E-state index contributed by atoms with van der Waals surface area (Å²) in [6, 6.07) is 11.4. The minimum Gasteiger partial charge on any atom is -0.399 e. The van der Waals surface area contributed by atoms with E-state index in [4.69, 9.17) is 27.7 Å². The fourth-order valence-electron chi connectivity index (χ4n) is 2.93. The van der Waals surface area contributed by atoms with Crippen molar-refractivity contribution in [2.75, 3.05) is 22.9 Å². The number of benzene rings is 2. The Morgan fingerprint density at radius 1 is 0.720 bits per heavy atom. The largest absolute Gasteiger partial charge is 0.399 e. The average Bonchev–Trinajstić information content (AvgIpc) is 2.53. The highest BCUT2D eigenvalue weighted by Gasteiger charge is 2.11. The molecule has 0 aliphatic carbocycles.